The first kappa shape index (κ1) is 20.9. The molecule has 0 spiro atoms. The van der Waals surface area contributed by atoms with Gasteiger partial charge in [0.2, 0.25) is 5.95 Å². The molecule has 0 bridgehead atoms. The fourth-order valence-corrected chi connectivity index (χ4v) is 4.32. The number of aromatic carboxylic acids is 1. The summed E-state index contributed by atoms with van der Waals surface area (Å²) in [5.74, 6) is -1.58. The molecule has 6 nitrogen and oxygen atoms in total. The summed E-state index contributed by atoms with van der Waals surface area (Å²) in [6.07, 6.45) is 1.64. The van der Waals surface area contributed by atoms with E-state index in [9.17, 15) is 14.3 Å². The topological polar surface area (TPSA) is 82.2 Å². The van der Waals surface area contributed by atoms with Gasteiger partial charge in [0.05, 0.1) is 39.1 Å². The number of hydrogen-bond donors (Lipinski definition) is 1. The SMILES string of the molecule is C=C1N(c2cc(Cl)c(F)c(Cl)c2)c2ncc(C(=O)O)n2[C@]1(C)Cc1ccc(C#N)cc1. The third-order valence-electron chi connectivity index (χ3n) is 5.41. The van der Waals surface area contributed by atoms with Crippen molar-refractivity contribution in [3.8, 4) is 6.07 Å². The predicted octanol–water partition coefficient (Wildman–Crippen LogP) is 5.52. The molecule has 0 fully saturated rings. The van der Waals surface area contributed by atoms with E-state index in [4.69, 9.17) is 28.5 Å². The Morgan fingerprint density at radius 3 is 2.45 bits per heavy atom. The molecule has 0 saturated heterocycles. The van der Waals surface area contributed by atoms with Gasteiger partial charge in [-0.05, 0) is 36.8 Å². The fourth-order valence-electron chi connectivity index (χ4n) is 3.85. The highest BCUT2D eigenvalue weighted by Crippen LogP contribution is 2.48. The van der Waals surface area contributed by atoms with Crippen LogP contribution in [-0.2, 0) is 12.0 Å². The number of hydrogen-bond acceptors (Lipinski definition) is 4. The molecule has 0 saturated carbocycles. The van der Waals surface area contributed by atoms with E-state index < -0.39 is 17.3 Å². The Morgan fingerprint density at radius 2 is 1.90 bits per heavy atom. The first-order chi connectivity index (χ1) is 14.7. The summed E-state index contributed by atoms with van der Waals surface area (Å²) in [6, 6.07) is 11.9. The molecule has 1 aliphatic heterocycles. The van der Waals surface area contributed by atoms with Crippen LogP contribution in [0.1, 0.15) is 28.5 Å². The number of fused-ring (bicyclic) bond motifs is 1. The number of allylic oxidation sites excluding steroid dienone is 1. The lowest BCUT2D eigenvalue weighted by Crippen LogP contribution is -2.34. The predicted molar refractivity (Wildman–Crippen MR) is 115 cm³/mol. The van der Waals surface area contributed by atoms with Crippen LogP contribution in [0.5, 0.6) is 0 Å². The largest absolute Gasteiger partial charge is 0.477 e. The summed E-state index contributed by atoms with van der Waals surface area (Å²) in [5.41, 5.74) is 1.38. The number of halogens is 3. The van der Waals surface area contributed by atoms with Gasteiger partial charge in [-0.1, -0.05) is 41.9 Å². The van der Waals surface area contributed by atoms with Crippen LogP contribution in [0.4, 0.5) is 16.0 Å². The van der Waals surface area contributed by atoms with Gasteiger partial charge in [0, 0.05) is 12.1 Å². The van der Waals surface area contributed by atoms with Crippen molar-refractivity contribution < 1.29 is 14.3 Å². The van der Waals surface area contributed by atoms with Crippen molar-refractivity contribution in [1.29, 1.82) is 5.26 Å². The van der Waals surface area contributed by atoms with Crippen molar-refractivity contribution in [2.75, 3.05) is 4.90 Å². The standard InChI is InChI=1S/C22H15Cl2FN4O2/c1-12-22(2,9-13-3-5-14(10-26)6-4-13)29-18(20(30)31)11-27-21(29)28(12)15-7-16(23)19(25)17(24)8-15/h3-8,11H,1,9H2,2H3,(H,30,31)/t22-/m1/s1. The van der Waals surface area contributed by atoms with E-state index in [0.717, 1.165) is 5.56 Å². The Kier molecular flexibility index (Phi) is 5.00. The molecule has 0 radical (unpaired) electrons. The van der Waals surface area contributed by atoms with E-state index in [0.29, 0.717) is 29.3 Å². The number of aromatic nitrogens is 2. The molecule has 4 rings (SSSR count). The van der Waals surface area contributed by atoms with Crippen LogP contribution < -0.4 is 4.90 Å². The molecular formula is C22H15Cl2FN4O2. The van der Waals surface area contributed by atoms with E-state index in [1.54, 1.807) is 21.6 Å². The second kappa shape index (κ2) is 7.41. The van der Waals surface area contributed by atoms with Crippen LogP contribution in [0.15, 0.2) is 54.9 Å². The Balaban J connectivity index is 1.87. The summed E-state index contributed by atoms with van der Waals surface area (Å²) in [4.78, 5) is 17.8. The molecule has 1 atom stereocenters. The molecule has 1 aromatic heterocycles. The highest BCUT2D eigenvalue weighted by Gasteiger charge is 2.46. The minimum atomic E-state index is -1.14. The number of anilines is 2. The second-order valence-corrected chi connectivity index (χ2v) is 8.16. The van der Waals surface area contributed by atoms with E-state index in [1.165, 1.54) is 18.3 Å². The van der Waals surface area contributed by atoms with E-state index in [-0.39, 0.29) is 15.7 Å². The van der Waals surface area contributed by atoms with Crippen LogP contribution in [0.25, 0.3) is 0 Å². The van der Waals surface area contributed by atoms with Gasteiger partial charge in [-0.3, -0.25) is 9.47 Å². The minimum Gasteiger partial charge on any atom is -0.477 e. The molecule has 9 heteroatoms. The van der Waals surface area contributed by atoms with Gasteiger partial charge in [0.15, 0.2) is 5.82 Å². The third kappa shape index (κ3) is 3.25. The van der Waals surface area contributed by atoms with Crippen molar-refractivity contribution in [1.82, 2.24) is 9.55 Å². The first-order valence-electron chi connectivity index (χ1n) is 9.12. The zero-order valence-electron chi connectivity index (χ0n) is 16.2. The molecule has 0 amide bonds. The number of nitrogens with zero attached hydrogens (tertiary/aromatic N) is 4. The third-order valence-corrected chi connectivity index (χ3v) is 5.96. The molecule has 0 aliphatic carbocycles. The number of benzene rings is 2. The Labute approximate surface area is 187 Å². The number of rotatable bonds is 4. The first-order valence-corrected chi connectivity index (χ1v) is 9.87. The fraction of sp³-hybridized carbons (Fsp3) is 0.136. The normalized spacial score (nSPS) is 17.5. The maximum absolute atomic E-state index is 14.0. The second-order valence-electron chi connectivity index (χ2n) is 7.35. The Hall–Kier alpha value is -3.34. The van der Waals surface area contributed by atoms with Gasteiger partial charge in [-0.15, -0.1) is 0 Å². The number of carboxylic acids is 1. The monoisotopic (exact) mass is 456 g/mol. The average molecular weight is 457 g/mol. The van der Waals surface area contributed by atoms with Crippen molar-refractivity contribution in [2.45, 2.75) is 18.9 Å². The van der Waals surface area contributed by atoms with Gasteiger partial charge in [0.1, 0.15) is 5.69 Å². The smallest absolute Gasteiger partial charge is 0.354 e. The highest BCUT2D eigenvalue weighted by molar-refractivity contribution is 6.35. The lowest BCUT2D eigenvalue weighted by Gasteiger charge is -2.30. The van der Waals surface area contributed by atoms with Crippen molar-refractivity contribution in [3.05, 3.63) is 87.6 Å². The van der Waals surface area contributed by atoms with Crippen LogP contribution in [0.2, 0.25) is 10.0 Å². The molecule has 2 aromatic carbocycles. The van der Waals surface area contributed by atoms with Crippen LogP contribution in [0, 0.1) is 17.1 Å². The highest BCUT2D eigenvalue weighted by atomic mass is 35.5. The lowest BCUT2D eigenvalue weighted by atomic mass is 9.89. The summed E-state index contributed by atoms with van der Waals surface area (Å²) < 4.78 is 15.6. The summed E-state index contributed by atoms with van der Waals surface area (Å²) in [7, 11) is 0. The summed E-state index contributed by atoms with van der Waals surface area (Å²) in [6.45, 7) is 6.05. The van der Waals surface area contributed by atoms with E-state index >= 15 is 0 Å². The van der Waals surface area contributed by atoms with Crippen LogP contribution >= 0.6 is 23.2 Å². The van der Waals surface area contributed by atoms with Crippen molar-refractivity contribution in [2.24, 2.45) is 0 Å². The maximum Gasteiger partial charge on any atom is 0.354 e. The quantitative estimate of drug-likeness (QED) is 0.522. The van der Waals surface area contributed by atoms with Crippen molar-refractivity contribution >= 4 is 40.8 Å². The van der Waals surface area contributed by atoms with E-state index in [1.807, 2.05) is 19.1 Å². The molecular weight excluding hydrogens is 442 g/mol. The van der Waals surface area contributed by atoms with Gasteiger partial charge in [-0.25, -0.2) is 14.2 Å². The minimum absolute atomic E-state index is 0.0194. The molecule has 3 aromatic rings. The molecule has 1 aliphatic rings. The number of imidazole rings is 1. The maximum atomic E-state index is 14.0. The Morgan fingerprint density at radius 1 is 1.29 bits per heavy atom. The van der Waals surface area contributed by atoms with Gasteiger partial charge < -0.3 is 5.11 Å². The number of nitriles is 1. The van der Waals surface area contributed by atoms with Crippen LogP contribution in [-0.4, -0.2) is 20.6 Å². The zero-order chi connectivity index (χ0) is 22.5. The molecule has 31 heavy (non-hydrogen) atoms. The molecule has 2 heterocycles. The zero-order valence-corrected chi connectivity index (χ0v) is 17.7. The van der Waals surface area contributed by atoms with Gasteiger partial charge >= 0.3 is 5.97 Å². The van der Waals surface area contributed by atoms with Gasteiger partial charge in [0.25, 0.3) is 0 Å². The summed E-state index contributed by atoms with van der Waals surface area (Å²) in [5, 5.41) is 18.4. The Bertz CT molecular complexity index is 1260. The lowest BCUT2D eigenvalue weighted by molar-refractivity contribution is 0.0680. The average Bonchev–Trinajstić information content (AvgIpc) is 3.25. The number of carboxylic acid groups (broad SMARTS) is 1. The van der Waals surface area contributed by atoms with Crippen LogP contribution in [0.3, 0.4) is 0 Å². The number of carbonyl (C=O) groups is 1. The molecule has 156 valence electrons. The van der Waals surface area contributed by atoms with E-state index in [2.05, 4.69) is 17.6 Å². The summed E-state index contributed by atoms with van der Waals surface area (Å²) >= 11 is 12.0. The molecule has 0 unspecified atom stereocenters. The molecule has 1 N–H and O–H groups in total. The van der Waals surface area contributed by atoms with Crippen molar-refractivity contribution in [3.63, 3.8) is 0 Å². The van der Waals surface area contributed by atoms with Gasteiger partial charge in [-0.2, -0.15) is 5.26 Å².